The van der Waals surface area contributed by atoms with Crippen LogP contribution in [0.5, 0.6) is 5.75 Å². The van der Waals surface area contributed by atoms with E-state index in [1.807, 2.05) is 31.5 Å². The summed E-state index contributed by atoms with van der Waals surface area (Å²) in [4.78, 5) is 16.5. The van der Waals surface area contributed by atoms with Crippen molar-refractivity contribution in [3.05, 3.63) is 29.1 Å². The van der Waals surface area contributed by atoms with Crippen LogP contribution in [0.25, 0.3) is 11.3 Å². The number of hydrogen-bond acceptors (Lipinski definition) is 5. The summed E-state index contributed by atoms with van der Waals surface area (Å²) in [6.07, 6.45) is 0.943. The Morgan fingerprint density at radius 3 is 3.09 bits per heavy atom. The van der Waals surface area contributed by atoms with Crippen LogP contribution in [0, 0.1) is 5.92 Å². The Labute approximate surface area is 145 Å². The minimum absolute atomic E-state index is 0. The molecule has 23 heavy (non-hydrogen) atoms. The van der Waals surface area contributed by atoms with Gasteiger partial charge in [-0.3, -0.25) is 4.79 Å². The summed E-state index contributed by atoms with van der Waals surface area (Å²) in [5, 5.41) is 8.48. The first-order valence-corrected chi connectivity index (χ1v) is 8.22. The Kier molecular flexibility index (Phi) is 5.98. The number of fused-ring (bicyclic) bond motifs is 1. The van der Waals surface area contributed by atoms with Crippen LogP contribution in [0.4, 0.5) is 5.13 Å². The zero-order valence-corrected chi connectivity index (χ0v) is 14.7. The molecule has 1 aliphatic rings. The van der Waals surface area contributed by atoms with Crippen LogP contribution in [0.2, 0.25) is 0 Å². The van der Waals surface area contributed by atoms with Gasteiger partial charge < -0.3 is 15.4 Å². The lowest BCUT2D eigenvalue weighted by molar-refractivity contribution is -0.119. The molecule has 0 aliphatic carbocycles. The number of nitrogens with zero attached hydrogens (tertiary/aromatic N) is 1. The van der Waals surface area contributed by atoms with Crippen LogP contribution in [0.3, 0.4) is 0 Å². The normalized spacial score (nSPS) is 13.7. The average Bonchev–Trinajstić information content (AvgIpc) is 3.15. The minimum Gasteiger partial charge on any atom is -0.493 e. The Morgan fingerprint density at radius 2 is 2.30 bits per heavy atom. The highest BCUT2D eigenvalue weighted by molar-refractivity contribution is 7.14. The summed E-state index contributed by atoms with van der Waals surface area (Å²) in [5.74, 6) is 0.862. The number of hydrogen-bond donors (Lipinski definition) is 2. The third kappa shape index (κ3) is 4.02. The molecule has 0 saturated carbocycles. The van der Waals surface area contributed by atoms with Gasteiger partial charge in [0.15, 0.2) is 5.13 Å². The summed E-state index contributed by atoms with van der Waals surface area (Å²) in [5.41, 5.74) is 3.17. The molecule has 2 N–H and O–H groups in total. The molecule has 1 unspecified atom stereocenters. The van der Waals surface area contributed by atoms with Crippen LogP contribution in [-0.4, -0.2) is 31.1 Å². The molecular formula is C16H20ClN3O2S. The fourth-order valence-electron chi connectivity index (χ4n) is 2.44. The first-order valence-electron chi connectivity index (χ1n) is 7.34. The highest BCUT2D eigenvalue weighted by Gasteiger charge is 2.16. The molecule has 0 saturated heterocycles. The molecule has 1 aromatic heterocycles. The number of thiazole rings is 1. The number of carbonyl (C=O) groups is 1. The number of nitrogens with one attached hydrogen (secondary N) is 2. The van der Waals surface area contributed by atoms with Gasteiger partial charge in [-0.25, -0.2) is 4.98 Å². The van der Waals surface area contributed by atoms with Crippen molar-refractivity contribution in [2.24, 2.45) is 5.92 Å². The lowest BCUT2D eigenvalue weighted by atomic mass is 10.1. The summed E-state index contributed by atoms with van der Waals surface area (Å²) < 4.78 is 5.52. The second-order valence-corrected chi connectivity index (χ2v) is 6.26. The third-order valence-electron chi connectivity index (χ3n) is 3.68. The average molecular weight is 354 g/mol. The Morgan fingerprint density at radius 1 is 1.48 bits per heavy atom. The largest absolute Gasteiger partial charge is 0.493 e. The van der Waals surface area contributed by atoms with Gasteiger partial charge in [-0.2, -0.15) is 0 Å². The molecule has 1 atom stereocenters. The minimum atomic E-state index is -0.0884. The molecule has 0 spiro atoms. The predicted molar refractivity (Wildman–Crippen MR) is 95.7 cm³/mol. The SMILES string of the molecule is CNCC(C)C(=O)Nc1nc(-c2ccc3c(c2)CCO3)cs1.Cl. The molecule has 0 bridgehead atoms. The second-order valence-electron chi connectivity index (χ2n) is 5.41. The van der Waals surface area contributed by atoms with Crippen molar-refractivity contribution in [2.75, 3.05) is 25.5 Å². The molecule has 7 heteroatoms. The number of benzene rings is 1. The molecule has 3 rings (SSSR count). The molecule has 1 amide bonds. The van der Waals surface area contributed by atoms with E-state index >= 15 is 0 Å². The maximum atomic E-state index is 12.0. The van der Waals surface area contributed by atoms with Gasteiger partial charge in [0.2, 0.25) is 5.91 Å². The van der Waals surface area contributed by atoms with Crippen LogP contribution >= 0.6 is 23.7 Å². The number of amides is 1. The van der Waals surface area contributed by atoms with Gasteiger partial charge in [-0.15, -0.1) is 23.7 Å². The number of carbonyl (C=O) groups excluding carboxylic acids is 1. The molecule has 5 nitrogen and oxygen atoms in total. The first kappa shape index (κ1) is 17.7. The van der Waals surface area contributed by atoms with Crippen molar-refractivity contribution in [1.82, 2.24) is 10.3 Å². The Bertz CT molecular complexity index is 690. The van der Waals surface area contributed by atoms with Crippen LogP contribution in [0.15, 0.2) is 23.6 Å². The molecule has 2 heterocycles. The van der Waals surface area contributed by atoms with Gasteiger partial charge in [0.25, 0.3) is 0 Å². The molecule has 124 valence electrons. The number of rotatable bonds is 5. The van der Waals surface area contributed by atoms with Gasteiger partial charge in [-0.05, 0) is 30.8 Å². The topological polar surface area (TPSA) is 63.2 Å². The van der Waals surface area contributed by atoms with E-state index < -0.39 is 0 Å². The standard InChI is InChI=1S/C16H19N3O2S.ClH/c1-10(8-17-2)15(20)19-16-18-13(9-22-16)11-3-4-14-12(7-11)5-6-21-14;/h3-4,7,9-10,17H,5-6,8H2,1-2H3,(H,18,19,20);1H. The van der Waals surface area contributed by atoms with Crippen LogP contribution < -0.4 is 15.4 Å². The van der Waals surface area contributed by atoms with E-state index in [0.717, 1.165) is 30.0 Å². The van der Waals surface area contributed by atoms with Crippen molar-refractivity contribution in [3.63, 3.8) is 0 Å². The lowest BCUT2D eigenvalue weighted by Gasteiger charge is -2.09. The zero-order chi connectivity index (χ0) is 15.5. The van der Waals surface area contributed by atoms with E-state index in [1.165, 1.54) is 16.9 Å². The Hall–Kier alpha value is -1.63. The maximum absolute atomic E-state index is 12.0. The molecule has 1 aliphatic heterocycles. The predicted octanol–water partition coefficient (Wildman–Crippen LogP) is 2.96. The molecule has 1 aromatic carbocycles. The molecule has 2 aromatic rings. The van der Waals surface area contributed by atoms with E-state index in [-0.39, 0.29) is 24.2 Å². The molecule has 0 fully saturated rings. The fourth-order valence-corrected chi connectivity index (χ4v) is 3.16. The summed E-state index contributed by atoms with van der Waals surface area (Å²) in [7, 11) is 1.84. The second kappa shape index (κ2) is 7.77. The number of ether oxygens (including phenoxy) is 1. The number of anilines is 1. The number of aromatic nitrogens is 1. The lowest BCUT2D eigenvalue weighted by Crippen LogP contribution is -2.28. The van der Waals surface area contributed by atoms with Gasteiger partial charge in [0.05, 0.1) is 12.3 Å². The van der Waals surface area contributed by atoms with Crippen molar-refractivity contribution in [1.29, 1.82) is 0 Å². The summed E-state index contributed by atoms with van der Waals surface area (Å²) in [6, 6.07) is 6.12. The Balaban J connectivity index is 0.00000192. The smallest absolute Gasteiger partial charge is 0.230 e. The summed E-state index contributed by atoms with van der Waals surface area (Å²) >= 11 is 1.45. The van der Waals surface area contributed by atoms with E-state index in [9.17, 15) is 4.79 Å². The van der Waals surface area contributed by atoms with Crippen LogP contribution in [-0.2, 0) is 11.2 Å². The molecule has 0 radical (unpaired) electrons. The summed E-state index contributed by atoms with van der Waals surface area (Å²) in [6.45, 7) is 3.29. The van der Waals surface area contributed by atoms with E-state index in [4.69, 9.17) is 4.74 Å². The van der Waals surface area contributed by atoms with Gasteiger partial charge >= 0.3 is 0 Å². The monoisotopic (exact) mass is 353 g/mol. The zero-order valence-electron chi connectivity index (χ0n) is 13.1. The van der Waals surface area contributed by atoms with E-state index in [1.54, 1.807) is 0 Å². The van der Waals surface area contributed by atoms with Crippen molar-refractivity contribution < 1.29 is 9.53 Å². The third-order valence-corrected chi connectivity index (χ3v) is 4.44. The highest BCUT2D eigenvalue weighted by Crippen LogP contribution is 2.31. The fraction of sp³-hybridized carbons (Fsp3) is 0.375. The van der Waals surface area contributed by atoms with Crippen molar-refractivity contribution >= 4 is 34.8 Å². The van der Waals surface area contributed by atoms with Crippen LogP contribution in [0.1, 0.15) is 12.5 Å². The van der Waals surface area contributed by atoms with Gasteiger partial charge in [0.1, 0.15) is 5.75 Å². The quantitative estimate of drug-likeness (QED) is 0.867. The van der Waals surface area contributed by atoms with E-state index in [0.29, 0.717) is 11.7 Å². The first-order chi connectivity index (χ1) is 10.7. The highest BCUT2D eigenvalue weighted by atomic mass is 35.5. The maximum Gasteiger partial charge on any atom is 0.230 e. The molecular weight excluding hydrogens is 334 g/mol. The van der Waals surface area contributed by atoms with E-state index in [2.05, 4.69) is 21.7 Å². The van der Waals surface area contributed by atoms with Crippen molar-refractivity contribution in [2.45, 2.75) is 13.3 Å². The number of halogens is 1. The van der Waals surface area contributed by atoms with Crippen molar-refractivity contribution in [3.8, 4) is 17.0 Å². The van der Waals surface area contributed by atoms with Gasteiger partial charge in [0, 0.05) is 29.8 Å². The van der Waals surface area contributed by atoms with Gasteiger partial charge in [-0.1, -0.05) is 6.92 Å².